The molecule has 40 heavy (non-hydrogen) atoms. The number of alkyl halides is 2. The van der Waals surface area contributed by atoms with Crippen LogP contribution in [0, 0.1) is 5.92 Å². The Bertz CT molecular complexity index is 1250. The minimum absolute atomic E-state index is 0.0361. The fourth-order valence-corrected chi connectivity index (χ4v) is 4.76. The average molecular weight is 565 g/mol. The van der Waals surface area contributed by atoms with E-state index >= 15 is 0 Å². The van der Waals surface area contributed by atoms with Crippen LogP contribution in [0.3, 0.4) is 0 Å². The van der Waals surface area contributed by atoms with Crippen molar-refractivity contribution >= 4 is 17.9 Å². The van der Waals surface area contributed by atoms with Crippen LogP contribution in [0.25, 0.3) is 0 Å². The second kappa shape index (κ2) is 12.1. The first-order valence-electron chi connectivity index (χ1n) is 12.9. The van der Waals surface area contributed by atoms with Gasteiger partial charge in [0.2, 0.25) is 11.8 Å². The van der Waals surface area contributed by atoms with Crippen molar-refractivity contribution < 1.29 is 26.9 Å². The number of hydrogen-bond acceptors (Lipinski definition) is 9. The van der Waals surface area contributed by atoms with Gasteiger partial charge in [-0.3, -0.25) is 4.79 Å². The quantitative estimate of drug-likeness (QED) is 0.359. The molecule has 0 unspecified atom stereocenters. The Balaban J connectivity index is 1.30. The molecule has 1 amide bonds. The first-order chi connectivity index (χ1) is 19.0. The number of anilines is 2. The zero-order valence-electron chi connectivity index (χ0n) is 22.3. The predicted molar refractivity (Wildman–Crippen MR) is 140 cm³/mol. The third-order valence-electron chi connectivity index (χ3n) is 7.15. The minimum Gasteiger partial charge on any atom is -0.339 e. The maximum absolute atomic E-state index is 14.2. The molecule has 4 heterocycles. The monoisotopic (exact) mass is 564 g/mol. The number of hydrogen-bond donors (Lipinski definition) is 1. The van der Waals surface area contributed by atoms with Gasteiger partial charge < -0.3 is 25.0 Å². The summed E-state index contributed by atoms with van der Waals surface area (Å²) < 4.78 is 59.2. The highest BCUT2D eigenvalue weighted by atomic mass is 19.3. The van der Waals surface area contributed by atoms with Crippen LogP contribution in [0.5, 0.6) is 0 Å². The molecule has 0 saturated carbocycles. The zero-order valence-corrected chi connectivity index (χ0v) is 22.3. The highest BCUT2D eigenvalue weighted by Crippen LogP contribution is 2.29. The van der Waals surface area contributed by atoms with E-state index in [9.17, 15) is 22.4 Å². The van der Waals surface area contributed by atoms with Crippen LogP contribution in [0.2, 0.25) is 0 Å². The Kier molecular flexibility index (Phi) is 8.86. The van der Waals surface area contributed by atoms with Crippen molar-refractivity contribution in [2.24, 2.45) is 11.7 Å². The van der Waals surface area contributed by atoms with Crippen molar-refractivity contribution in [1.82, 2.24) is 25.0 Å². The predicted octanol–water partition coefficient (Wildman–Crippen LogP) is 3.76. The Morgan fingerprint density at radius 1 is 1.20 bits per heavy atom. The summed E-state index contributed by atoms with van der Waals surface area (Å²) in [5.41, 5.74) is 6.51. The summed E-state index contributed by atoms with van der Waals surface area (Å²) in [4.78, 5) is 30.7. The number of allylic oxidation sites excluding steroid dienone is 5. The van der Waals surface area contributed by atoms with Crippen LogP contribution in [0.1, 0.15) is 42.4 Å². The van der Waals surface area contributed by atoms with Crippen LogP contribution in [0.4, 0.5) is 29.5 Å². The molecule has 10 nitrogen and oxygen atoms in total. The number of piperidine rings is 1. The zero-order chi connectivity index (χ0) is 29.0. The molecule has 0 radical (unpaired) electrons. The highest BCUT2D eigenvalue weighted by molar-refractivity contribution is 5.93. The molecule has 0 aromatic carbocycles. The topological polar surface area (TPSA) is 118 Å². The minimum atomic E-state index is -3.19. The molecular weight excluding hydrogens is 532 g/mol. The van der Waals surface area contributed by atoms with Crippen molar-refractivity contribution in [1.29, 1.82) is 0 Å². The van der Waals surface area contributed by atoms with Crippen LogP contribution >= 0.6 is 0 Å². The second-order valence-electron chi connectivity index (χ2n) is 10.1. The van der Waals surface area contributed by atoms with Gasteiger partial charge in [-0.05, 0) is 37.0 Å². The Labute approximate surface area is 229 Å². The van der Waals surface area contributed by atoms with Gasteiger partial charge in [0.05, 0.1) is 5.56 Å². The lowest BCUT2D eigenvalue weighted by Crippen LogP contribution is -2.45. The first kappa shape index (κ1) is 29.2. The molecule has 2 aliphatic rings. The average Bonchev–Trinajstić information content (AvgIpc) is 3.59. The van der Waals surface area contributed by atoms with Gasteiger partial charge in [0.25, 0.3) is 5.91 Å². The lowest BCUT2D eigenvalue weighted by molar-refractivity contribution is 0.00558. The van der Waals surface area contributed by atoms with Crippen LogP contribution in [-0.4, -0.2) is 76.2 Å². The van der Waals surface area contributed by atoms with Gasteiger partial charge in [0.15, 0.2) is 0 Å². The van der Waals surface area contributed by atoms with E-state index in [2.05, 4.69) is 26.7 Å². The fourth-order valence-electron chi connectivity index (χ4n) is 4.76. The molecule has 0 bridgehead atoms. The van der Waals surface area contributed by atoms with Crippen molar-refractivity contribution in [3.63, 3.8) is 0 Å². The summed E-state index contributed by atoms with van der Waals surface area (Å²) in [7, 11) is 1.70. The summed E-state index contributed by atoms with van der Waals surface area (Å²) in [5, 5.41) is 3.35. The van der Waals surface area contributed by atoms with E-state index in [-0.39, 0.29) is 36.3 Å². The molecule has 2 saturated heterocycles. The number of nitrogens with zero attached hydrogens (tertiary/aromatic N) is 7. The summed E-state index contributed by atoms with van der Waals surface area (Å²) >= 11 is 0. The van der Waals surface area contributed by atoms with Crippen molar-refractivity contribution in [2.75, 3.05) is 43.0 Å². The van der Waals surface area contributed by atoms with Gasteiger partial charge in [-0.15, -0.1) is 0 Å². The summed E-state index contributed by atoms with van der Waals surface area (Å²) in [5.74, 6) is -5.05. The van der Waals surface area contributed by atoms with E-state index in [1.807, 2.05) is 4.90 Å². The summed E-state index contributed by atoms with van der Waals surface area (Å²) in [6.45, 7) is 5.73. The lowest BCUT2D eigenvalue weighted by atomic mass is 10.00. The first-order valence-corrected chi connectivity index (χ1v) is 12.9. The van der Waals surface area contributed by atoms with Gasteiger partial charge in [-0.1, -0.05) is 11.7 Å². The third-order valence-corrected chi connectivity index (χ3v) is 7.15. The fraction of sp³-hybridized carbons (Fsp3) is 0.500. The standard InChI is InChI=1S/C26H32F4N8O2/c1-4-18(27)5-6-19(28)11-16-14-38(15-21(16)31)24-32-12-17(13-33-24)22(39)36(3)20-7-9-37(10-8-20)25-34-23(35-40-25)26(2,29)30/h4-6,12-13,16,20-21H,1,7-11,14-15,31H2,2-3H3/b18-5+,19-6+/t16-,21-/m0/s1. The molecule has 2 fully saturated rings. The van der Waals surface area contributed by atoms with Crippen LogP contribution < -0.4 is 15.5 Å². The Hall–Kier alpha value is -3.81. The molecule has 2 aromatic rings. The number of amides is 1. The van der Waals surface area contributed by atoms with Gasteiger partial charge >= 0.3 is 11.9 Å². The van der Waals surface area contributed by atoms with E-state index in [0.717, 1.165) is 18.2 Å². The van der Waals surface area contributed by atoms with Crippen molar-refractivity contribution in [3.8, 4) is 0 Å². The molecule has 2 aliphatic heterocycles. The number of carbonyl (C=O) groups excluding carboxylic acids is 1. The molecule has 0 aliphatic carbocycles. The summed E-state index contributed by atoms with van der Waals surface area (Å²) in [6.07, 6.45) is 7.18. The van der Waals surface area contributed by atoms with Crippen LogP contribution in [0.15, 0.2) is 53.4 Å². The van der Waals surface area contributed by atoms with Crippen molar-refractivity contribution in [3.05, 3.63) is 60.2 Å². The lowest BCUT2D eigenvalue weighted by Gasteiger charge is -2.35. The number of carbonyl (C=O) groups is 1. The second-order valence-corrected chi connectivity index (χ2v) is 10.1. The highest BCUT2D eigenvalue weighted by Gasteiger charge is 2.35. The van der Waals surface area contributed by atoms with Gasteiger partial charge in [-0.25, -0.2) is 18.7 Å². The van der Waals surface area contributed by atoms with E-state index in [1.165, 1.54) is 12.4 Å². The third kappa shape index (κ3) is 6.84. The molecule has 4 rings (SSSR count). The van der Waals surface area contributed by atoms with Crippen molar-refractivity contribution in [2.45, 2.75) is 44.2 Å². The van der Waals surface area contributed by atoms with Crippen LogP contribution in [-0.2, 0) is 5.92 Å². The van der Waals surface area contributed by atoms with Gasteiger partial charge in [0.1, 0.15) is 11.7 Å². The maximum atomic E-state index is 14.2. The summed E-state index contributed by atoms with van der Waals surface area (Å²) in [6, 6.07) is -0.381. The molecule has 2 atom stereocenters. The molecule has 216 valence electrons. The molecular formula is C26H32F4N8O2. The number of halogens is 4. The Morgan fingerprint density at radius 2 is 1.88 bits per heavy atom. The van der Waals surface area contributed by atoms with E-state index < -0.39 is 23.4 Å². The van der Waals surface area contributed by atoms with Gasteiger partial charge in [0, 0.05) is 71.0 Å². The molecule has 2 aromatic heterocycles. The largest absolute Gasteiger partial charge is 0.339 e. The van der Waals surface area contributed by atoms with E-state index in [1.54, 1.807) is 16.8 Å². The van der Waals surface area contributed by atoms with E-state index in [4.69, 9.17) is 10.3 Å². The number of rotatable bonds is 9. The maximum Gasteiger partial charge on any atom is 0.324 e. The Morgan fingerprint density at radius 3 is 2.48 bits per heavy atom. The molecule has 2 N–H and O–H groups in total. The normalized spacial score (nSPS) is 21.2. The van der Waals surface area contributed by atoms with E-state index in [0.29, 0.717) is 57.5 Å². The smallest absolute Gasteiger partial charge is 0.324 e. The number of nitrogens with two attached hydrogens (primary N) is 1. The molecule has 14 heteroatoms. The SMILES string of the molecule is C=C/C(F)=C\C=C(\F)C[C@H]1CN(c2ncc(C(=O)N(C)C3CCN(c4nc(C(C)(F)F)no4)CC3)cn2)C[C@@H]1N. The molecule has 0 spiro atoms. The van der Waals surface area contributed by atoms with Gasteiger partial charge in [-0.2, -0.15) is 13.8 Å². The number of aromatic nitrogens is 4.